The van der Waals surface area contributed by atoms with E-state index in [0.29, 0.717) is 0 Å². The van der Waals surface area contributed by atoms with Crippen molar-refractivity contribution in [3.63, 3.8) is 0 Å². The number of para-hydroxylation sites is 1. The topological polar surface area (TPSA) is 24.9 Å². The van der Waals surface area contributed by atoms with Crippen molar-refractivity contribution in [3.8, 4) is 0 Å². The Morgan fingerprint density at radius 1 is 1.10 bits per heavy atom. The fourth-order valence-electron chi connectivity index (χ4n) is 2.71. The fraction of sp³-hybridized carbons (Fsp3) is 0.167. The maximum absolute atomic E-state index is 4.57. The van der Waals surface area contributed by atoms with E-state index in [0.717, 1.165) is 9.99 Å². The fourth-order valence-corrected chi connectivity index (χ4v) is 2.96. The van der Waals surface area contributed by atoms with Crippen molar-refractivity contribution in [1.29, 1.82) is 0 Å². The first kappa shape index (κ1) is 14.2. The predicted molar refractivity (Wildman–Crippen MR) is 91.5 cm³/mol. The molecule has 106 valence electrons. The highest BCUT2D eigenvalue weighted by molar-refractivity contribution is 9.10. The first-order chi connectivity index (χ1) is 10.2. The standard InChI is InChI=1S/C18H17BrN2/c1-12-11-14(8-9-16(12)19)17(20-2)15-7-3-5-13-6-4-10-21-18(13)15/h3-11,17,20H,1-2H3. The summed E-state index contributed by atoms with van der Waals surface area (Å²) < 4.78 is 1.14. The van der Waals surface area contributed by atoms with Crippen LogP contribution >= 0.6 is 15.9 Å². The zero-order valence-corrected chi connectivity index (χ0v) is 13.7. The van der Waals surface area contributed by atoms with Gasteiger partial charge in [0.1, 0.15) is 0 Å². The van der Waals surface area contributed by atoms with Crippen LogP contribution in [0.1, 0.15) is 22.7 Å². The number of halogens is 1. The third-order valence-electron chi connectivity index (χ3n) is 3.78. The van der Waals surface area contributed by atoms with Gasteiger partial charge in [0.15, 0.2) is 0 Å². The molecular weight excluding hydrogens is 324 g/mol. The number of hydrogen-bond acceptors (Lipinski definition) is 2. The Hall–Kier alpha value is -1.71. The van der Waals surface area contributed by atoms with E-state index in [9.17, 15) is 0 Å². The highest BCUT2D eigenvalue weighted by atomic mass is 79.9. The van der Waals surface area contributed by atoms with Crippen LogP contribution in [0.25, 0.3) is 10.9 Å². The van der Waals surface area contributed by atoms with Crippen LogP contribution in [0.2, 0.25) is 0 Å². The summed E-state index contributed by atoms with van der Waals surface area (Å²) in [5.74, 6) is 0. The summed E-state index contributed by atoms with van der Waals surface area (Å²) >= 11 is 3.56. The van der Waals surface area contributed by atoms with Crippen LogP contribution in [0.3, 0.4) is 0 Å². The average molecular weight is 341 g/mol. The summed E-state index contributed by atoms with van der Waals surface area (Å²) in [4.78, 5) is 4.57. The molecule has 21 heavy (non-hydrogen) atoms. The first-order valence-electron chi connectivity index (χ1n) is 6.97. The van der Waals surface area contributed by atoms with E-state index < -0.39 is 0 Å². The van der Waals surface area contributed by atoms with Crippen molar-refractivity contribution >= 4 is 26.8 Å². The monoisotopic (exact) mass is 340 g/mol. The lowest BCUT2D eigenvalue weighted by Crippen LogP contribution is -2.18. The number of nitrogens with one attached hydrogen (secondary N) is 1. The molecule has 1 unspecified atom stereocenters. The summed E-state index contributed by atoms with van der Waals surface area (Å²) in [6.45, 7) is 2.11. The molecule has 0 aliphatic rings. The zero-order valence-electron chi connectivity index (χ0n) is 12.1. The Kier molecular flexibility index (Phi) is 4.04. The molecule has 1 N–H and O–H groups in total. The van der Waals surface area contributed by atoms with E-state index >= 15 is 0 Å². The van der Waals surface area contributed by atoms with E-state index in [-0.39, 0.29) is 6.04 Å². The summed E-state index contributed by atoms with van der Waals surface area (Å²) in [5, 5.41) is 4.59. The van der Waals surface area contributed by atoms with Crippen molar-refractivity contribution < 1.29 is 0 Å². The van der Waals surface area contributed by atoms with Gasteiger partial charge in [0.05, 0.1) is 11.6 Å². The minimum atomic E-state index is 0.135. The summed E-state index contributed by atoms with van der Waals surface area (Å²) in [7, 11) is 1.99. The molecule has 0 saturated heterocycles. The Labute approximate surface area is 133 Å². The third kappa shape index (κ3) is 2.71. The van der Waals surface area contributed by atoms with Crippen molar-refractivity contribution in [1.82, 2.24) is 10.3 Å². The van der Waals surface area contributed by atoms with Gasteiger partial charge >= 0.3 is 0 Å². The predicted octanol–water partition coefficient (Wildman–Crippen LogP) is 4.61. The zero-order chi connectivity index (χ0) is 14.8. The Bertz CT molecular complexity index is 778. The molecule has 0 aliphatic carbocycles. The van der Waals surface area contributed by atoms with Gasteiger partial charge in [-0.3, -0.25) is 4.98 Å². The van der Waals surface area contributed by atoms with Crippen LogP contribution in [0.5, 0.6) is 0 Å². The van der Waals surface area contributed by atoms with E-state index in [1.165, 1.54) is 22.1 Å². The second-order valence-electron chi connectivity index (χ2n) is 5.15. The molecule has 3 aromatic rings. The number of benzene rings is 2. The summed E-state index contributed by atoms with van der Waals surface area (Å²) in [6, 6.07) is 17.0. The molecule has 0 radical (unpaired) electrons. The minimum absolute atomic E-state index is 0.135. The van der Waals surface area contributed by atoms with Gasteiger partial charge in [0.2, 0.25) is 0 Å². The van der Waals surface area contributed by atoms with E-state index in [1.807, 2.05) is 19.3 Å². The highest BCUT2D eigenvalue weighted by Crippen LogP contribution is 2.29. The van der Waals surface area contributed by atoms with E-state index in [4.69, 9.17) is 0 Å². The number of aromatic nitrogens is 1. The molecule has 1 atom stereocenters. The normalized spacial score (nSPS) is 12.5. The Morgan fingerprint density at radius 3 is 2.67 bits per heavy atom. The molecule has 1 aromatic heterocycles. The van der Waals surface area contributed by atoms with Crippen LogP contribution in [0, 0.1) is 6.92 Å². The molecule has 3 rings (SSSR count). The minimum Gasteiger partial charge on any atom is -0.309 e. The maximum Gasteiger partial charge on any atom is 0.0753 e. The van der Waals surface area contributed by atoms with Crippen molar-refractivity contribution in [2.75, 3.05) is 7.05 Å². The van der Waals surface area contributed by atoms with Crippen LogP contribution < -0.4 is 5.32 Å². The number of aryl methyl sites for hydroxylation is 1. The number of fused-ring (bicyclic) bond motifs is 1. The van der Waals surface area contributed by atoms with Crippen LogP contribution in [-0.4, -0.2) is 12.0 Å². The molecule has 0 spiro atoms. The molecule has 2 nitrogen and oxygen atoms in total. The van der Waals surface area contributed by atoms with Crippen LogP contribution in [0.4, 0.5) is 0 Å². The van der Waals surface area contributed by atoms with Crippen molar-refractivity contribution in [3.05, 3.63) is 75.9 Å². The number of nitrogens with zero attached hydrogens (tertiary/aromatic N) is 1. The Morgan fingerprint density at radius 2 is 1.90 bits per heavy atom. The average Bonchev–Trinajstić information content (AvgIpc) is 2.52. The molecule has 3 heteroatoms. The van der Waals surface area contributed by atoms with Crippen LogP contribution in [-0.2, 0) is 0 Å². The SMILES string of the molecule is CNC(c1ccc(Br)c(C)c1)c1cccc2cccnc12. The van der Waals surface area contributed by atoms with Crippen LogP contribution in [0.15, 0.2) is 59.2 Å². The van der Waals surface area contributed by atoms with E-state index in [1.54, 1.807) is 0 Å². The first-order valence-corrected chi connectivity index (χ1v) is 7.77. The second kappa shape index (κ2) is 5.96. The maximum atomic E-state index is 4.57. The molecule has 1 heterocycles. The molecular formula is C18H17BrN2. The molecule has 0 amide bonds. The number of pyridine rings is 1. The number of hydrogen-bond donors (Lipinski definition) is 1. The van der Waals surface area contributed by atoms with E-state index in [2.05, 4.69) is 75.6 Å². The molecule has 0 fully saturated rings. The number of rotatable bonds is 3. The van der Waals surface area contributed by atoms with Gasteiger partial charge in [0.25, 0.3) is 0 Å². The quantitative estimate of drug-likeness (QED) is 0.752. The van der Waals surface area contributed by atoms with Gasteiger partial charge in [-0.15, -0.1) is 0 Å². The molecule has 0 bridgehead atoms. The lowest BCUT2D eigenvalue weighted by Gasteiger charge is -2.19. The van der Waals surface area contributed by atoms with Gasteiger partial charge in [-0.05, 0) is 42.8 Å². The largest absolute Gasteiger partial charge is 0.309 e. The van der Waals surface area contributed by atoms with Gasteiger partial charge < -0.3 is 5.32 Å². The lowest BCUT2D eigenvalue weighted by atomic mass is 9.95. The van der Waals surface area contributed by atoms with Gasteiger partial charge in [-0.25, -0.2) is 0 Å². The molecule has 2 aromatic carbocycles. The smallest absolute Gasteiger partial charge is 0.0753 e. The lowest BCUT2D eigenvalue weighted by molar-refractivity contribution is 0.695. The van der Waals surface area contributed by atoms with Crippen molar-refractivity contribution in [2.24, 2.45) is 0 Å². The third-order valence-corrected chi connectivity index (χ3v) is 4.67. The summed E-state index contributed by atoms with van der Waals surface area (Å²) in [5.41, 5.74) is 4.74. The Balaban J connectivity index is 2.16. The van der Waals surface area contributed by atoms with Crippen molar-refractivity contribution in [2.45, 2.75) is 13.0 Å². The van der Waals surface area contributed by atoms with Gasteiger partial charge in [-0.1, -0.05) is 52.3 Å². The molecule has 0 saturated carbocycles. The van der Waals surface area contributed by atoms with Gasteiger partial charge in [0, 0.05) is 16.1 Å². The summed E-state index contributed by atoms with van der Waals surface area (Å²) in [6.07, 6.45) is 1.85. The second-order valence-corrected chi connectivity index (χ2v) is 6.01. The molecule has 0 aliphatic heterocycles. The highest BCUT2D eigenvalue weighted by Gasteiger charge is 2.16. The van der Waals surface area contributed by atoms with Gasteiger partial charge in [-0.2, -0.15) is 0 Å².